The van der Waals surface area contributed by atoms with E-state index in [0.717, 1.165) is 4.90 Å². The van der Waals surface area contributed by atoms with Crippen molar-refractivity contribution in [2.24, 2.45) is 0 Å². The Morgan fingerprint density at radius 1 is 0.821 bits per heavy atom. The zero-order chi connectivity index (χ0) is 19.8. The molecule has 28 heavy (non-hydrogen) atoms. The maximum atomic E-state index is 13.4. The molecular weight excluding hydrogens is 423 g/mol. The summed E-state index contributed by atoms with van der Waals surface area (Å²) in [6.07, 6.45) is 0. The first-order valence-corrected chi connectivity index (χ1v) is 9.77. The average Bonchev–Trinajstić information content (AvgIpc) is 2.95. The number of benzene rings is 2. The fraction of sp³-hybridized carbons (Fsp3) is 0.200. The van der Waals surface area contributed by atoms with Crippen LogP contribution in [0.2, 0.25) is 15.1 Å². The van der Waals surface area contributed by atoms with Crippen LogP contribution in [-0.2, 0) is 14.3 Å². The fourth-order valence-corrected chi connectivity index (χ4v) is 3.85. The molecule has 1 fully saturated rings. The number of imide groups is 1. The van der Waals surface area contributed by atoms with Crippen LogP contribution in [0.1, 0.15) is 5.56 Å². The van der Waals surface area contributed by atoms with Crippen LogP contribution in [0.3, 0.4) is 0 Å². The summed E-state index contributed by atoms with van der Waals surface area (Å²) in [4.78, 5) is 29.7. The highest BCUT2D eigenvalue weighted by atomic mass is 35.5. The van der Waals surface area contributed by atoms with E-state index in [4.69, 9.17) is 39.5 Å². The molecule has 0 radical (unpaired) electrons. The van der Waals surface area contributed by atoms with Gasteiger partial charge in [-0.1, -0.05) is 46.9 Å². The van der Waals surface area contributed by atoms with Crippen LogP contribution >= 0.6 is 34.8 Å². The smallest absolute Gasteiger partial charge is 0.282 e. The second kappa shape index (κ2) is 7.76. The molecule has 0 aliphatic carbocycles. The van der Waals surface area contributed by atoms with Crippen molar-refractivity contribution >= 4 is 57.9 Å². The van der Waals surface area contributed by atoms with Gasteiger partial charge in [0.05, 0.1) is 29.5 Å². The number of anilines is 1. The van der Waals surface area contributed by atoms with E-state index in [1.807, 2.05) is 4.90 Å². The van der Waals surface area contributed by atoms with Gasteiger partial charge in [-0.05, 0) is 35.9 Å². The van der Waals surface area contributed by atoms with Gasteiger partial charge in [-0.25, -0.2) is 4.90 Å². The van der Waals surface area contributed by atoms with Gasteiger partial charge < -0.3 is 9.64 Å². The van der Waals surface area contributed by atoms with Gasteiger partial charge in [0.1, 0.15) is 5.70 Å². The Balaban J connectivity index is 1.85. The highest BCUT2D eigenvalue weighted by Gasteiger charge is 2.43. The van der Waals surface area contributed by atoms with Crippen LogP contribution in [0, 0.1) is 0 Å². The Bertz CT molecular complexity index is 983. The molecule has 0 saturated carbocycles. The molecule has 1 saturated heterocycles. The largest absolute Gasteiger partial charge is 0.378 e. The van der Waals surface area contributed by atoms with Gasteiger partial charge in [0.25, 0.3) is 11.8 Å². The molecule has 0 unspecified atom stereocenters. The quantitative estimate of drug-likeness (QED) is 0.673. The van der Waals surface area contributed by atoms with E-state index in [1.165, 1.54) is 6.07 Å². The predicted molar refractivity (Wildman–Crippen MR) is 110 cm³/mol. The zero-order valence-electron chi connectivity index (χ0n) is 14.6. The Morgan fingerprint density at radius 3 is 2.14 bits per heavy atom. The monoisotopic (exact) mass is 436 g/mol. The summed E-state index contributed by atoms with van der Waals surface area (Å²) in [5.41, 5.74) is 1.54. The minimum absolute atomic E-state index is 0.263. The van der Waals surface area contributed by atoms with Crippen LogP contribution in [0.15, 0.2) is 48.2 Å². The molecule has 2 amide bonds. The summed E-state index contributed by atoms with van der Waals surface area (Å²) in [5.74, 6) is -0.876. The summed E-state index contributed by atoms with van der Waals surface area (Å²) in [6, 6.07) is 11.5. The number of carbonyl (C=O) groups is 2. The van der Waals surface area contributed by atoms with Crippen molar-refractivity contribution in [3.05, 3.63) is 68.8 Å². The predicted octanol–water partition coefficient (Wildman–Crippen LogP) is 4.26. The number of nitrogens with zero attached hydrogens (tertiary/aromatic N) is 2. The first-order valence-electron chi connectivity index (χ1n) is 8.64. The average molecular weight is 438 g/mol. The highest BCUT2D eigenvalue weighted by Crippen LogP contribution is 2.39. The van der Waals surface area contributed by atoms with E-state index in [2.05, 4.69) is 0 Å². The van der Waals surface area contributed by atoms with E-state index >= 15 is 0 Å². The minimum Gasteiger partial charge on any atom is -0.378 e. The third-order valence-electron chi connectivity index (χ3n) is 4.67. The molecular formula is C20H15Cl3N2O3. The molecule has 2 aromatic rings. The van der Waals surface area contributed by atoms with Crippen LogP contribution < -0.4 is 4.90 Å². The second-order valence-corrected chi connectivity index (χ2v) is 7.65. The molecule has 0 bridgehead atoms. The van der Waals surface area contributed by atoms with Gasteiger partial charge in [0.15, 0.2) is 0 Å². The van der Waals surface area contributed by atoms with E-state index < -0.39 is 11.8 Å². The van der Waals surface area contributed by atoms with Crippen LogP contribution in [0.4, 0.5) is 5.69 Å². The summed E-state index contributed by atoms with van der Waals surface area (Å²) < 4.78 is 5.39. The lowest BCUT2D eigenvalue weighted by Crippen LogP contribution is -2.40. The Kier molecular flexibility index (Phi) is 5.34. The van der Waals surface area contributed by atoms with Crippen molar-refractivity contribution in [1.29, 1.82) is 0 Å². The minimum atomic E-state index is -0.446. The van der Waals surface area contributed by atoms with E-state index in [-0.39, 0.29) is 10.7 Å². The van der Waals surface area contributed by atoms with Crippen molar-refractivity contribution in [2.45, 2.75) is 0 Å². The van der Waals surface area contributed by atoms with Gasteiger partial charge in [-0.3, -0.25) is 9.59 Å². The molecule has 0 N–H and O–H groups in total. The van der Waals surface area contributed by atoms with Crippen molar-refractivity contribution < 1.29 is 14.3 Å². The molecule has 2 heterocycles. The normalized spacial score (nSPS) is 17.7. The van der Waals surface area contributed by atoms with Gasteiger partial charge >= 0.3 is 0 Å². The topological polar surface area (TPSA) is 49.9 Å². The van der Waals surface area contributed by atoms with Gasteiger partial charge in [-0.15, -0.1) is 0 Å². The summed E-state index contributed by atoms with van der Waals surface area (Å²) in [6.45, 7) is 2.00. The van der Waals surface area contributed by atoms with Crippen molar-refractivity contribution in [3.63, 3.8) is 0 Å². The lowest BCUT2D eigenvalue weighted by atomic mass is 10.0. The molecule has 144 valence electrons. The molecule has 0 atom stereocenters. The molecule has 4 rings (SSSR count). The third kappa shape index (κ3) is 3.40. The molecule has 0 spiro atoms. The summed E-state index contributed by atoms with van der Waals surface area (Å²) in [5, 5.41) is 1.20. The Labute approximate surface area is 177 Å². The maximum absolute atomic E-state index is 13.4. The fourth-order valence-electron chi connectivity index (χ4n) is 3.35. The summed E-state index contributed by atoms with van der Waals surface area (Å²) >= 11 is 18.4. The molecule has 2 aliphatic rings. The number of rotatable bonds is 3. The number of hydrogen-bond acceptors (Lipinski definition) is 4. The number of morpholine rings is 1. The van der Waals surface area contributed by atoms with Gasteiger partial charge in [0.2, 0.25) is 0 Å². The molecule has 2 aromatic carbocycles. The maximum Gasteiger partial charge on any atom is 0.282 e. The van der Waals surface area contributed by atoms with Crippen LogP contribution in [0.5, 0.6) is 0 Å². The number of halogens is 3. The summed E-state index contributed by atoms with van der Waals surface area (Å²) in [7, 11) is 0. The number of carbonyl (C=O) groups excluding carboxylic acids is 2. The lowest BCUT2D eigenvalue weighted by molar-refractivity contribution is -0.121. The Hall–Kier alpha value is -2.05. The van der Waals surface area contributed by atoms with Crippen molar-refractivity contribution in [2.75, 3.05) is 31.2 Å². The van der Waals surface area contributed by atoms with Gasteiger partial charge in [-0.2, -0.15) is 0 Å². The zero-order valence-corrected chi connectivity index (χ0v) is 16.9. The molecule has 5 nitrogen and oxygen atoms in total. The number of amides is 2. The Morgan fingerprint density at radius 2 is 1.46 bits per heavy atom. The van der Waals surface area contributed by atoms with Crippen LogP contribution in [-0.4, -0.2) is 43.0 Å². The van der Waals surface area contributed by atoms with Crippen molar-refractivity contribution in [1.82, 2.24) is 4.90 Å². The van der Waals surface area contributed by atoms with E-state index in [1.54, 1.807) is 36.4 Å². The lowest BCUT2D eigenvalue weighted by Gasteiger charge is -2.29. The molecule has 8 heteroatoms. The highest BCUT2D eigenvalue weighted by molar-refractivity contribution is 6.47. The molecule has 2 aliphatic heterocycles. The van der Waals surface area contributed by atoms with Gasteiger partial charge in [0, 0.05) is 23.1 Å². The number of ether oxygens (including phenoxy) is 1. The first-order chi connectivity index (χ1) is 13.5. The first kappa shape index (κ1) is 19.3. The molecule has 0 aromatic heterocycles. The van der Waals surface area contributed by atoms with Crippen LogP contribution in [0.25, 0.3) is 5.57 Å². The standard InChI is InChI=1S/C20H15Cl3N2O3/c21-13-3-1-12(2-4-13)17-18(24-7-9-28-10-8-24)20(27)25(19(17)26)16-11-14(22)5-6-15(16)23/h1-6,11H,7-10H2. The SMILES string of the molecule is O=C1C(c2ccc(Cl)cc2)=C(N2CCOCC2)C(=O)N1c1cc(Cl)ccc1Cl. The van der Waals surface area contributed by atoms with E-state index in [0.29, 0.717) is 53.2 Å². The third-order valence-corrected chi connectivity index (χ3v) is 5.48. The van der Waals surface area contributed by atoms with E-state index in [9.17, 15) is 9.59 Å². The second-order valence-electron chi connectivity index (χ2n) is 6.37. The number of hydrogen-bond donors (Lipinski definition) is 0. The van der Waals surface area contributed by atoms with Crippen molar-refractivity contribution in [3.8, 4) is 0 Å².